The molecule has 4 rings (SSSR count). The second kappa shape index (κ2) is 7.25. The normalized spacial score (nSPS) is 10.7. The van der Waals surface area contributed by atoms with Gasteiger partial charge in [-0.25, -0.2) is 9.97 Å². The first-order chi connectivity index (χ1) is 13.2. The lowest BCUT2D eigenvalue weighted by molar-refractivity contribution is 0.340. The number of hydrogen-bond acceptors (Lipinski definition) is 7. The number of nitrogens with one attached hydrogen (secondary N) is 1. The number of phenols is 1. The molecule has 0 amide bonds. The molecule has 7 heteroatoms. The van der Waals surface area contributed by atoms with Gasteiger partial charge in [-0.05, 0) is 43.3 Å². The fourth-order valence-corrected chi connectivity index (χ4v) is 2.73. The molecule has 0 aliphatic rings. The Kier molecular flexibility index (Phi) is 4.49. The van der Waals surface area contributed by atoms with E-state index in [1.54, 1.807) is 36.7 Å². The van der Waals surface area contributed by atoms with Crippen molar-refractivity contribution in [3.8, 4) is 22.9 Å². The van der Waals surface area contributed by atoms with Crippen LogP contribution in [0.5, 0.6) is 11.5 Å². The summed E-state index contributed by atoms with van der Waals surface area (Å²) in [7, 11) is 0. The maximum atomic E-state index is 9.74. The fourth-order valence-electron chi connectivity index (χ4n) is 2.73. The van der Waals surface area contributed by atoms with Crippen LogP contribution in [0.1, 0.15) is 6.92 Å². The van der Waals surface area contributed by atoms with E-state index in [4.69, 9.17) is 4.74 Å². The molecule has 0 atom stereocenters. The van der Waals surface area contributed by atoms with Crippen molar-refractivity contribution in [2.24, 2.45) is 0 Å². The number of anilines is 2. The summed E-state index contributed by atoms with van der Waals surface area (Å²) >= 11 is 0. The van der Waals surface area contributed by atoms with Crippen LogP contribution in [0.3, 0.4) is 0 Å². The average molecular weight is 359 g/mol. The van der Waals surface area contributed by atoms with Crippen LogP contribution in [0.2, 0.25) is 0 Å². The van der Waals surface area contributed by atoms with Crippen molar-refractivity contribution in [3.05, 3.63) is 60.9 Å². The second-order valence-corrected chi connectivity index (χ2v) is 5.81. The summed E-state index contributed by atoms with van der Waals surface area (Å²) in [6.07, 6.45) is 3.22. The molecule has 0 bridgehead atoms. The minimum atomic E-state index is 0.173. The van der Waals surface area contributed by atoms with Gasteiger partial charge in [0.15, 0.2) is 5.82 Å². The van der Waals surface area contributed by atoms with E-state index in [1.807, 2.05) is 31.2 Å². The van der Waals surface area contributed by atoms with Gasteiger partial charge in [0.25, 0.3) is 0 Å². The SMILES string of the molecule is CCOc1ccc2nc(-c3ccnnc3)nc(Nc3cccc(O)c3)c2c1. The highest BCUT2D eigenvalue weighted by Gasteiger charge is 2.12. The number of phenolic OH excluding ortho intramolecular Hbond substituents is 1. The zero-order valence-electron chi connectivity index (χ0n) is 14.6. The summed E-state index contributed by atoms with van der Waals surface area (Å²) < 4.78 is 5.61. The van der Waals surface area contributed by atoms with Crippen LogP contribution in [0.15, 0.2) is 60.9 Å². The molecule has 2 heterocycles. The first-order valence-electron chi connectivity index (χ1n) is 8.50. The van der Waals surface area contributed by atoms with Gasteiger partial charge in [-0.1, -0.05) is 6.07 Å². The van der Waals surface area contributed by atoms with E-state index in [0.29, 0.717) is 18.2 Å². The molecule has 27 heavy (non-hydrogen) atoms. The van der Waals surface area contributed by atoms with Gasteiger partial charge in [0, 0.05) is 22.7 Å². The molecule has 0 saturated carbocycles. The van der Waals surface area contributed by atoms with Crippen molar-refractivity contribution in [1.82, 2.24) is 20.2 Å². The molecule has 0 fully saturated rings. The highest BCUT2D eigenvalue weighted by molar-refractivity contribution is 5.93. The number of aromatic nitrogens is 4. The Morgan fingerprint density at radius 1 is 1.04 bits per heavy atom. The van der Waals surface area contributed by atoms with Crippen LogP contribution < -0.4 is 10.1 Å². The number of hydrogen-bond donors (Lipinski definition) is 2. The Balaban J connectivity index is 1.87. The Hall–Kier alpha value is -3.74. The Bertz CT molecular complexity index is 1090. The van der Waals surface area contributed by atoms with Gasteiger partial charge in [-0.2, -0.15) is 10.2 Å². The van der Waals surface area contributed by atoms with E-state index in [0.717, 1.165) is 27.9 Å². The van der Waals surface area contributed by atoms with Gasteiger partial charge in [0.05, 0.1) is 24.5 Å². The van der Waals surface area contributed by atoms with Crippen LogP contribution in [0.25, 0.3) is 22.3 Å². The molecule has 0 saturated heterocycles. The van der Waals surface area contributed by atoms with Crippen LogP contribution in [-0.2, 0) is 0 Å². The molecule has 0 aliphatic heterocycles. The summed E-state index contributed by atoms with van der Waals surface area (Å²) in [6, 6.07) is 14.4. The zero-order chi connectivity index (χ0) is 18.6. The summed E-state index contributed by atoms with van der Waals surface area (Å²) in [4.78, 5) is 9.31. The summed E-state index contributed by atoms with van der Waals surface area (Å²) in [5.74, 6) is 2.06. The molecule has 7 nitrogen and oxygen atoms in total. The lowest BCUT2D eigenvalue weighted by atomic mass is 10.2. The van der Waals surface area contributed by atoms with E-state index >= 15 is 0 Å². The van der Waals surface area contributed by atoms with Gasteiger partial charge in [0.2, 0.25) is 0 Å². The standard InChI is InChI=1S/C20H17N5O2/c1-2-27-16-6-7-18-17(11-16)20(23-14-4-3-5-15(26)10-14)25-19(24-18)13-8-9-21-22-12-13/h3-12,26H,2H2,1H3,(H,23,24,25). The number of rotatable bonds is 5. The lowest BCUT2D eigenvalue weighted by Crippen LogP contribution is -2.00. The van der Waals surface area contributed by atoms with E-state index in [-0.39, 0.29) is 5.75 Å². The maximum absolute atomic E-state index is 9.74. The lowest BCUT2D eigenvalue weighted by Gasteiger charge is -2.12. The summed E-state index contributed by atoms with van der Waals surface area (Å²) in [6.45, 7) is 2.51. The van der Waals surface area contributed by atoms with E-state index in [9.17, 15) is 5.11 Å². The van der Waals surface area contributed by atoms with Crippen molar-refractivity contribution in [1.29, 1.82) is 0 Å². The van der Waals surface area contributed by atoms with Crippen LogP contribution >= 0.6 is 0 Å². The summed E-state index contributed by atoms with van der Waals surface area (Å²) in [5.41, 5.74) is 2.25. The van der Waals surface area contributed by atoms with Crippen LogP contribution in [-0.4, -0.2) is 31.9 Å². The smallest absolute Gasteiger partial charge is 0.163 e. The molecule has 0 radical (unpaired) electrons. The molecular formula is C20H17N5O2. The Morgan fingerprint density at radius 2 is 1.96 bits per heavy atom. The molecule has 2 aromatic carbocycles. The third-order valence-corrected chi connectivity index (χ3v) is 3.93. The Morgan fingerprint density at radius 3 is 2.74 bits per heavy atom. The van der Waals surface area contributed by atoms with Gasteiger partial charge < -0.3 is 15.2 Å². The van der Waals surface area contributed by atoms with E-state index in [2.05, 4.69) is 25.5 Å². The zero-order valence-corrected chi connectivity index (χ0v) is 14.6. The molecule has 0 aliphatic carbocycles. The number of ether oxygens (including phenoxy) is 1. The van der Waals surface area contributed by atoms with Gasteiger partial charge >= 0.3 is 0 Å². The van der Waals surface area contributed by atoms with Crippen molar-refractivity contribution >= 4 is 22.4 Å². The monoisotopic (exact) mass is 359 g/mol. The minimum Gasteiger partial charge on any atom is -0.508 e. The predicted molar refractivity (Wildman–Crippen MR) is 103 cm³/mol. The largest absolute Gasteiger partial charge is 0.508 e. The molecule has 0 unspecified atom stereocenters. The highest BCUT2D eigenvalue weighted by atomic mass is 16.5. The minimum absolute atomic E-state index is 0.173. The number of aromatic hydroxyl groups is 1. The molecular weight excluding hydrogens is 342 g/mol. The number of nitrogens with zero attached hydrogens (tertiary/aromatic N) is 4. The van der Waals surface area contributed by atoms with Crippen molar-refractivity contribution in [3.63, 3.8) is 0 Å². The first kappa shape index (κ1) is 16.7. The third kappa shape index (κ3) is 3.62. The highest BCUT2D eigenvalue weighted by Crippen LogP contribution is 2.30. The molecule has 134 valence electrons. The van der Waals surface area contributed by atoms with E-state index < -0.39 is 0 Å². The topological polar surface area (TPSA) is 93.1 Å². The molecule has 0 spiro atoms. The number of fused-ring (bicyclic) bond motifs is 1. The van der Waals surface area contributed by atoms with Crippen molar-refractivity contribution in [2.75, 3.05) is 11.9 Å². The Labute approximate surface area is 155 Å². The van der Waals surface area contributed by atoms with Crippen LogP contribution in [0, 0.1) is 0 Å². The maximum Gasteiger partial charge on any atom is 0.163 e. The van der Waals surface area contributed by atoms with Gasteiger partial charge in [0.1, 0.15) is 17.3 Å². The first-order valence-corrected chi connectivity index (χ1v) is 8.50. The van der Waals surface area contributed by atoms with Gasteiger partial charge in [-0.15, -0.1) is 0 Å². The fraction of sp³-hybridized carbons (Fsp3) is 0.100. The molecule has 2 N–H and O–H groups in total. The quantitative estimate of drug-likeness (QED) is 0.557. The molecule has 4 aromatic rings. The van der Waals surface area contributed by atoms with Crippen molar-refractivity contribution < 1.29 is 9.84 Å². The average Bonchev–Trinajstić information content (AvgIpc) is 2.69. The predicted octanol–water partition coefficient (Wildman–Crippen LogP) is 3.93. The van der Waals surface area contributed by atoms with Crippen LogP contribution in [0.4, 0.5) is 11.5 Å². The molecule has 2 aromatic heterocycles. The summed E-state index contributed by atoms with van der Waals surface area (Å²) in [5, 5.41) is 21.5. The van der Waals surface area contributed by atoms with E-state index in [1.165, 1.54) is 0 Å². The second-order valence-electron chi connectivity index (χ2n) is 5.81. The third-order valence-electron chi connectivity index (χ3n) is 3.93. The van der Waals surface area contributed by atoms with Gasteiger partial charge in [-0.3, -0.25) is 0 Å². The van der Waals surface area contributed by atoms with Crippen molar-refractivity contribution in [2.45, 2.75) is 6.92 Å². The number of benzene rings is 2.